The number of amides is 1. The number of thioether (sulfide) groups is 1. The summed E-state index contributed by atoms with van der Waals surface area (Å²) < 4.78 is 12.8. The predicted molar refractivity (Wildman–Crippen MR) is 79.5 cm³/mol. The molecule has 0 spiro atoms. The van der Waals surface area contributed by atoms with Gasteiger partial charge in [-0.15, -0.1) is 5.10 Å². The normalized spacial score (nSPS) is 24.7. The van der Waals surface area contributed by atoms with E-state index in [1.807, 2.05) is 0 Å². The van der Waals surface area contributed by atoms with Gasteiger partial charge < -0.3 is 14.8 Å². The second-order valence-electron chi connectivity index (χ2n) is 5.51. The van der Waals surface area contributed by atoms with E-state index >= 15 is 0 Å². The standard InChI is InChI=1S/C13H21N5O3S/c19-12(14-7-10-3-1-5-20-10)9-22-13-15-16-17-18(13)8-11-4-2-6-21-11/h10-11H,1-9H2,(H,14,19)/t10-,11-/m0/s1. The maximum Gasteiger partial charge on any atom is 0.230 e. The molecule has 1 amide bonds. The van der Waals surface area contributed by atoms with Crippen molar-refractivity contribution < 1.29 is 14.3 Å². The van der Waals surface area contributed by atoms with Crippen LogP contribution in [0.4, 0.5) is 0 Å². The molecule has 0 saturated carbocycles. The van der Waals surface area contributed by atoms with Crippen molar-refractivity contribution in [2.24, 2.45) is 0 Å². The smallest absolute Gasteiger partial charge is 0.230 e. The van der Waals surface area contributed by atoms with Crippen LogP contribution in [0.3, 0.4) is 0 Å². The molecule has 2 aliphatic heterocycles. The van der Waals surface area contributed by atoms with Crippen LogP contribution in [0.5, 0.6) is 0 Å². The highest BCUT2D eigenvalue weighted by atomic mass is 32.2. The molecule has 8 nitrogen and oxygen atoms in total. The van der Waals surface area contributed by atoms with Crippen LogP contribution in [0, 0.1) is 0 Å². The van der Waals surface area contributed by atoms with Gasteiger partial charge in [0.1, 0.15) is 0 Å². The van der Waals surface area contributed by atoms with E-state index in [0.717, 1.165) is 38.9 Å². The lowest BCUT2D eigenvalue weighted by molar-refractivity contribution is -0.119. The number of tetrazole rings is 1. The Morgan fingerprint density at radius 3 is 2.77 bits per heavy atom. The minimum absolute atomic E-state index is 0.0211. The topological polar surface area (TPSA) is 91.2 Å². The number of carbonyl (C=O) groups is 1. The second kappa shape index (κ2) is 7.89. The molecule has 9 heteroatoms. The number of hydrogen-bond acceptors (Lipinski definition) is 7. The molecule has 2 fully saturated rings. The lowest BCUT2D eigenvalue weighted by atomic mass is 10.2. The molecule has 2 aliphatic rings. The van der Waals surface area contributed by atoms with Gasteiger partial charge in [-0.2, -0.15) is 0 Å². The van der Waals surface area contributed by atoms with Gasteiger partial charge in [-0.3, -0.25) is 4.79 Å². The van der Waals surface area contributed by atoms with Crippen molar-refractivity contribution >= 4 is 17.7 Å². The van der Waals surface area contributed by atoms with Crippen molar-refractivity contribution in [1.82, 2.24) is 25.5 Å². The Morgan fingerprint density at radius 1 is 1.27 bits per heavy atom. The highest BCUT2D eigenvalue weighted by Crippen LogP contribution is 2.18. The molecular weight excluding hydrogens is 306 g/mol. The summed E-state index contributed by atoms with van der Waals surface area (Å²) in [4.78, 5) is 11.9. The first-order valence-electron chi connectivity index (χ1n) is 7.70. The Morgan fingerprint density at radius 2 is 2.05 bits per heavy atom. The van der Waals surface area contributed by atoms with Gasteiger partial charge in [-0.25, -0.2) is 4.68 Å². The van der Waals surface area contributed by atoms with E-state index in [0.29, 0.717) is 24.0 Å². The van der Waals surface area contributed by atoms with Crippen LogP contribution >= 0.6 is 11.8 Å². The number of nitrogens with one attached hydrogen (secondary N) is 1. The quantitative estimate of drug-likeness (QED) is 0.717. The van der Waals surface area contributed by atoms with Crippen molar-refractivity contribution in [3.05, 3.63) is 0 Å². The van der Waals surface area contributed by atoms with Crippen LogP contribution in [0.1, 0.15) is 25.7 Å². The summed E-state index contributed by atoms with van der Waals surface area (Å²) in [5.74, 6) is 0.283. The minimum atomic E-state index is -0.0211. The molecule has 1 aromatic rings. The number of carbonyl (C=O) groups excluding carboxylic acids is 1. The fourth-order valence-electron chi connectivity index (χ4n) is 2.61. The maximum absolute atomic E-state index is 11.9. The largest absolute Gasteiger partial charge is 0.376 e. The predicted octanol–water partition coefficient (Wildman–Crippen LogP) is 0.239. The van der Waals surface area contributed by atoms with Crippen LogP contribution in [0.25, 0.3) is 0 Å². The van der Waals surface area contributed by atoms with Crippen LogP contribution in [-0.2, 0) is 20.8 Å². The zero-order valence-electron chi connectivity index (χ0n) is 12.4. The average molecular weight is 327 g/mol. The van der Waals surface area contributed by atoms with E-state index in [1.54, 1.807) is 4.68 Å². The third-order valence-electron chi connectivity index (χ3n) is 3.78. The van der Waals surface area contributed by atoms with Gasteiger partial charge in [0.15, 0.2) is 0 Å². The third kappa shape index (κ3) is 4.40. The van der Waals surface area contributed by atoms with Crippen molar-refractivity contribution in [3.63, 3.8) is 0 Å². The molecule has 0 aliphatic carbocycles. The number of nitrogens with zero attached hydrogens (tertiary/aromatic N) is 4. The second-order valence-corrected chi connectivity index (χ2v) is 6.45. The molecule has 2 atom stereocenters. The van der Waals surface area contributed by atoms with Crippen molar-refractivity contribution in [3.8, 4) is 0 Å². The first-order chi connectivity index (χ1) is 10.8. The molecule has 3 heterocycles. The fourth-order valence-corrected chi connectivity index (χ4v) is 3.33. The number of rotatable bonds is 7. The SMILES string of the molecule is O=C(CSc1nnnn1C[C@@H]1CCCO1)NC[C@@H]1CCCO1. The van der Waals surface area contributed by atoms with Crippen LogP contribution < -0.4 is 5.32 Å². The zero-order chi connectivity index (χ0) is 15.2. The van der Waals surface area contributed by atoms with Gasteiger partial charge in [-0.05, 0) is 36.1 Å². The molecule has 0 aromatic carbocycles. The highest BCUT2D eigenvalue weighted by molar-refractivity contribution is 7.99. The highest BCUT2D eigenvalue weighted by Gasteiger charge is 2.20. The van der Waals surface area contributed by atoms with E-state index in [2.05, 4.69) is 20.8 Å². The van der Waals surface area contributed by atoms with E-state index in [9.17, 15) is 4.79 Å². The van der Waals surface area contributed by atoms with Crippen LogP contribution in [-0.4, -0.2) is 63.8 Å². The monoisotopic (exact) mass is 327 g/mol. The van der Waals surface area contributed by atoms with Gasteiger partial charge in [0, 0.05) is 19.8 Å². The molecule has 0 unspecified atom stereocenters. The van der Waals surface area contributed by atoms with Gasteiger partial charge in [0.05, 0.1) is 24.5 Å². The van der Waals surface area contributed by atoms with E-state index < -0.39 is 0 Å². The summed E-state index contributed by atoms with van der Waals surface area (Å²) >= 11 is 1.35. The Labute approximate surface area is 133 Å². The minimum Gasteiger partial charge on any atom is -0.376 e. The summed E-state index contributed by atoms with van der Waals surface area (Å²) in [6.45, 7) is 2.83. The summed E-state index contributed by atoms with van der Waals surface area (Å²) in [6.07, 6.45) is 4.56. The van der Waals surface area contributed by atoms with Crippen LogP contribution in [0.2, 0.25) is 0 Å². The van der Waals surface area contributed by atoms with E-state index in [4.69, 9.17) is 9.47 Å². The summed E-state index contributed by atoms with van der Waals surface area (Å²) in [5, 5.41) is 15.2. The zero-order valence-corrected chi connectivity index (χ0v) is 13.3. The van der Waals surface area contributed by atoms with Gasteiger partial charge in [0.25, 0.3) is 0 Å². The lowest BCUT2D eigenvalue weighted by Crippen LogP contribution is -2.33. The molecule has 1 N–H and O–H groups in total. The number of ether oxygens (including phenoxy) is 2. The molecule has 3 rings (SSSR count). The Balaban J connectivity index is 1.40. The lowest BCUT2D eigenvalue weighted by Gasteiger charge is -2.11. The fraction of sp³-hybridized carbons (Fsp3) is 0.846. The van der Waals surface area contributed by atoms with Crippen molar-refractivity contribution in [2.45, 2.75) is 49.6 Å². The number of hydrogen-bond donors (Lipinski definition) is 1. The molecule has 122 valence electrons. The Hall–Kier alpha value is -1.19. The van der Waals surface area contributed by atoms with E-state index in [1.165, 1.54) is 11.8 Å². The van der Waals surface area contributed by atoms with Gasteiger partial charge in [0.2, 0.25) is 11.1 Å². The first-order valence-corrected chi connectivity index (χ1v) is 8.68. The molecular formula is C13H21N5O3S. The molecule has 0 bridgehead atoms. The Bertz CT molecular complexity index is 486. The first kappa shape index (κ1) is 15.7. The van der Waals surface area contributed by atoms with E-state index in [-0.39, 0.29) is 18.1 Å². The summed E-state index contributed by atoms with van der Waals surface area (Å²) in [5.41, 5.74) is 0. The van der Waals surface area contributed by atoms with Crippen molar-refractivity contribution in [1.29, 1.82) is 0 Å². The molecule has 1 aromatic heterocycles. The summed E-state index contributed by atoms with van der Waals surface area (Å²) in [7, 11) is 0. The molecule has 2 saturated heterocycles. The third-order valence-corrected chi connectivity index (χ3v) is 4.74. The Kier molecular flexibility index (Phi) is 5.63. The van der Waals surface area contributed by atoms with Gasteiger partial charge in [-0.1, -0.05) is 11.8 Å². The maximum atomic E-state index is 11.9. The number of aromatic nitrogens is 4. The van der Waals surface area contributed by atoms with Crippen LogP contribution in [0.15, 0.2) is 5.16 Å². The summed E-state index contributed by atoms with van der Waals surface area (Å²) in [6, 6.07) is 0. The molecule has 0 radical (unpaired) electrons. The van der Waals surface area contributed by atoms with Gasteiger partial charge >= 0.3 is 0 Å². The van der Waals surface area contributed by atoms with Crippen molar-refractivity contribution in [2.75, 3.05) is 25.5 Å². The average Bonchev–Trinajstić information content (AvgIpc) is 3.26. The molecule has 22 heavy (non-hydrogen) atoms.